The van der Waals surface area contributed by atoms with E-state index in [1.807, 2.05) is 60.8 Å². The Balaban J connectivity index is 1.45. The highest BCUT2D eigenvalue weighted by Crippen LogP contribution is 2.15. The number of amides is 1. The fourth-order valence-electron chi connectivity index (χ4n) is 2.38. The molecule has 4 nitrogen and oxygen atoms in total. The van der Waals surface area contributed by atoms with Crippen molar-refractivity contribution < 1.29 is 9.53 Å². The van der Waals surface area contributed by atoms with Crippen LogP contribution in [-0.2, 0) is 11.3 Å². The predicted molar refractivity (Wildman–Crippen MR) is 97.9 cm³/mol. The normalized spacial score (nSPS) is 9.92. The van der Waals surface area contributed by atoms with Gasteiger partial charge in [0, 0.05) is 36.1 Å². The molecular weight excluding hydrogens is 312 g/mol. The molecule has 1 amide bonds. The first-order valence-corrected chi connectivity index (χ1v) is 8.09. The zero-order valence-electron chi connectivity index (χ0n) is 13.7. The second-order valence-electron chi connectivity index (χ2n) is 5.45. The van der Waals surface area contributed by atoms with Gasteiger partial charge in [-0.3, -0.25) is 4.98 Å². The molecule has 1 N–H and O–H groups in total. The van der Waals surface area contributed by atoms with Crippen molar-refractivity contribution in [2.75, 3.05) is 6.54 Å². The predicted octanol–water partition coefficient (Wildman–Crippen LogP) is 3.90. The van der Waals surface area contributed by atoms with E-state index in [1.165, 1.54) is 0 Å². The summed E-state index contributed by atoms with van der Waals surface area (Å²) in [5.74, 6) is 6.18. The molecule has 0 saturated heterocycles. The number of carbonyl (C=O) groups is 1. The summed E-state index contributed by atoms with van der Waals surface area (Å²) in [4.78, 5) is 15.8. The van der Waals surface area contributed by atoms with Gasteiger partial charge in [-0.2, -0.15) is 0 Å². The third-order valence-corrected chi connectivity index (χ3v) is 3.62. The van der Waals surface area contributed by atoms with E-state index in [0.29, 0.717) is 13.0 Å². The van der Waals surface area contributed by atoms with E-state index in [4.69, 9.17) is 4.74 Å². The molecule has 2 aromatic carbocycles. The quantitative estimate of drug-likeness (QED) is 0.583. The molecule has 0 aliphatic rings. The van der Waals surface area contributed by atoms with Gasteiger partial charge in [0.25, 0.3) is 0 Å². The zero-order valence-corrected chi connectivity index (χ0v) is 13.7. The van der Waals surface area contributed by atoms with E-state index in [0.717, 1.165) is 21.9 Å². The Morgan fingerprint density at radius 1 is 1.04 bits per heavy atom. The van der Waals surface area contributed by atoms with E-state index < -0.39 is 6.09 Å². The first-order valence-electron chi connectivity index (χ1n) is 8.09. The molecular formula is C21H18N2O2. The van der Waals surface area contributed by atoms with Crippen LogP contribution >= 0.6 is 0 Å². The number of ether oxygens (including phenoxy) is 1. The van der Waals surface area contributed by atoms with Crippen molar-refractivity contribution in [2.24, 2.45) is 0 Å². The molecule has 0 aliphatic heterocycles. The summed E-state index contributed by atoms with van der Waals surface area (Å²) in [6, 6.07) is 17.6. The van der Waals surface area contributed by atoms with Crippen LogP contribution in [0.15, 0.2) is 67.0 Å². The van der Waals surface area contributed by atoms with Crippen molar-refractivity contribution in [3.8, 4) is 11.8 Å². The molecule has 1 heterocycles. The standard InChI is InChI=1S/C21H18N2O2/c24-21(25-16-17-8-2-1-3-9-17)23-13-7-6-11-19-15-22-14-18-10-4-5-12-20(18)19/h1-5,8-10,12,14-15H,7,13,16H2,(H,23,24). The lowest BCUT2D eigenvalue weighted by atomic mass is 10.1. The van der Waals surface area contributed by atoms with E-state index in [1.54, 1.807) is 6.20 Å². The fraction of sp³-hybridized carbons (Fsp3) is 0.143. The van der Waals surface area contributed by atoms with Gasteiger partial charge in [0.05, 0.1) is 5.56 Å². The molecule has 124 valence electrons. The van der Waals surface area contributed by atoms with E-state index in [-0.39, 0.29) is 6.61 Å². The van der Waals surface area contributed by atoms with Crippen molar-refractivity contribution in [3.05, 3.63) is 78.1 Å². The van der Waals surface area contributed by atoms with E-state index in [9.17, 15) is 4.79 Å². The molecule has 0 spiro atoms. The van der Waals surface area contributed by atoms with Crippen LogP contribution in [0.1, 0.15) is 17.5 Å². The number of aromatic nitrogens is 1. The number of nitrogens with zero attached hydrogens (tertiary/aromatic N) is 1. The van der Waals surface area contributed by atoms with Gasteiger partial charge in [-0.05, 0) is 5.56 Å². The summed E-state index contributed by atoms with van der Waals surface area (Å²) in [7, 11) is 0. The number of hydrogen-bond donors (Lipinski definition) is 1. The molecule has 0 unspecified atom stereocenters. The van der Waals surface area contributed by atoms with Crippen LogP contribution in [0, 0.1) is 11.8 Å². The molecule has 0 radical (unpaired) electrons. The SMILES string of the molecule is O=C(NCCC#Cc1cncc2ccccc12)OCc1ccccc1. The summed E-state index contributed by atoms with van der Waals surface area (Å²) in [6.45, 7) is 0.707. The van der Waals surface area contributed by atoms with Crippen molar-refractivity contribution in [1.29, 1.82) is 0 Å². The van der Waals surface area contributed by atoms with Crippen LogP contribution in [0.2, 0.25) is 0 Å². The van der Waals surface area contributed by atoms with E-state index >= 15 is 0 Å². The molecule has 1 aromatic heterocycles. The number of alkyl carbamates (subject to hydrolysis) is 1. The summed E-state index contributed by atoms with van der Waals surface area (Å²) in [6.07, 6.45) is 3.70. The van der Waals surface area contributed by atoms with Gasteiger partial charge in [-0.1, -0.05) is 66.4 Å². The zero-order chi connectivity index (χ0) is 17.3. The lowest BCUT2D eigenvalue weighted by Gasteiger charge is -2.05. The molecule has 0 saturated carbocycles. The van der Waals surface area contributed by atoms with Gasteiger partial charge < -0.3 is 10.1 Å². The molecule has 3 aromatic rings. The second kappa shape index (κ2) is 8.51. The molecule has 0 atom stereocenters. The Hall–Kier alpha value is -3.32. The average Bonchev–Trinajstić information content (AvgIpc) is 2.67. The number of hydrogen-bond acceptors (Lipinski definition) is 3. The second-order valence-corrected chi connectivity index (χ2v) is 5.45. The maximum absolute atomic E-state index is 11.6. The van der Waals surface area contributed by atoms with Crippen molar-refractivity contribution >= 4 is 16.9 Å². The topological polar surface area (TPSA) is 51.2 Å². The monoisotopic (exact) mass is 330 g/mol. The van der Waals surface area contributed by atoms with Gasteiger partial charge in [0.2, 0.25) is 0 Å². The maximum Gasteiger partial charge on any atom is 0.407 e. The number of nitrogens with one attached hydrogen (secondary N) is 1. The van der Waals surface area contributed by atoms with Crippen LogP contribution in [0.4, 0.5) is 4.79 Å². The van der Waals surface area contributed by atoms with Gasteiger partial charge in [0.1, 0.15) is 6.61 Å². The van der Waals surface area contributed by atoms with Crippen molar-refractivity contribution in [2.45, 2.75) is 13.0 Å². The largest absolute Gasteiger partial charge is 0.445 e. The Bertz CT molecular complexity index is 906. The molecule has 4 heteroatoms. The molecule has 0 bridgehead atoms. The van der Waals surface area contributed by atoms with Crippen LogP contribution in [0.5, 0.6) is 0 Å². The highest BCUT2D eigenvalue weighted by molar-refractivity contribution is 5.87. The summed E-state index contributed by atoms with van der Waals surface area (Å²) >= 11 is 0. The number of rotatable bonds is 4. The lowest BCUT2D eigenvalue weighted by molar-refractivity contribution is 0.140. The Morgan fingerprint density at radius 2 is 1.84 bits per heavy atom. The molecule has 25 heavy (non-hydrogen) atoms. The van der Waals surface area contributed by atoms with Crippen LogP contribution in [-0.4, -0.2) is 17.6 Å². The highest BCUT2D eigenvalue weighted by atomic mass is 16.5. The number of pyridine rings is 1. The minimum Gasteiger partial charge on any atom is -0.445 e. The molecule has 3 rings (SSSR count). The third kappa shape index (κ3) is 4.82. The third-order valence-electron chi connectivity index (χ3n) is 3.62. The van der Waals surface area contributed by atoms with Gasteiger partial charge in [-0.15, -0.1) is 0 Å². The first-order chi connectivity index (χ1) is 12.3. The smallest absolute Gasteiger partial charge is 0.407 e. The highest BCUT2D eigenvalue weighted by Gasteiger charge is 2.01. The van der Waals surface area contributed by atoms with Gasteiger partial charge in [0.15, 0.2) is 0 Å². The number of fused-ring (bicyclic) bond motifs is 1. The van der Waals surface area contributed by atoms with Gasteiger partial charge in [-0.25, -0.2) is 4.79 Å². The van der Waals surface area contributed by atoms with Crippen molar-refractivity contribution in [3.63, 3.8) is 0 Å². The minimum atomic E-state index is -0.433. The molecule has 0 aliphatic carbocycles. The number of carbonyl (C=O) groups excluding carboxylic acids is 1. The number of benzene rings is 2. The summed E-state index contributed by atoms with van der Waals surface area (Å²) in [5.41, 5.74) is 1.85. The Labute approximate surface area is 146 Å². The average molecular weight is 330 g/mol. The van der Waals surface area contributed by atoms with E-state index in [2.05, 4.69) is 22.1 Å². The fourth-order valence-corrected chi connectivity index (χ4v) is 2.38. The van der Waals surface area contributed by atoms with Gasteiger partial charge >= 0.3 is 6.09 Å². The Kier molecular flexibility index (Phi) is 5.63. The van der Waals surface area contributed by atoms with Crippen LogP contribution < -0.4 is 5.32 Å². The van der Waals surface area contributed by atoms with Crippen LogP contribution in [0.25, 0.3) is 10.8 Å². The molecule has 0 fully saturated rings. The lowest BCUT2D eigenvalue weighted by Crippen LogP contribution is -2.24. The first kappa shape index (κ1) is 16.5. The van der Waals surface area contributed by atoms with Crippen LogP contribution in [0.3, 0.4) is 0 Å². The minimum absolute atomic E-state index is 0.264. The summed E-state index contributed by atoms with van der Waals surface area (Å²) in [5, 5.41) is 4.85. The van der Waals surface area contributed by atoms with Crippen molar-refractivity contribution in [1.82, 2.24) is 10.3 Å². The summed E-state index contributed by atoms with van der Waals surface area (Å²) < 4.78 is 5.14. The maximum atomic E-state index is 11.6. The Morgan fingerprint density at radius 3 is 2.72 bits per heavy atom.